The van der Waals surface area contributed by atoms with Crippen molar-refractivity contribution in [3.05, 3.63) is 18.0 Å². The zero-order valence-corrected chi connectivity index (χ0v) is 11.5. The number of carboxylic acid groups (broad SMARTS) is 1. The number of sulfonamides is 1. The Bertz CT molecular complexity index is 604. The average molecular weight is 290 g/mol. The Morgan fingerprint density at radius 3 is 2.47 bits per heavy atom. The van der Waals surface area contributed by atoms with Gasteiger partial charge >= 0.3 is 11.9 Å². The van der Waals surface area contributed by atoms with Crippen molar-refractivity contribution >= 4 is 22.0 Å². The highest BCUT2D eigenvalue weighted by molar-refractivity contribution is 7.89. The normalized spacial score (nSPS) is 11.6. The predicted molar refractivity (Wildman–Crippen MR) is 64.2 cm³/mol. The standard InChI is InChI=1S/C10H14N2O6S/c1-11-5-7(4-8(11)10(14)15)19(16,17)12(2)6-9(13)18-3/h4-5H,6H2,1-3H3,(H,14,15). The zero-order valence-electron chi connectivity index (χ0n) is 10.7. The van der Waals surface area contributed by atoms with E-state index in [9.17, 15) is 18.0 Å². The summed E-state index contributed by atoms with van der Waals surface area (Å²) in [5.41, 5.74) is -0.162. The summed E-state index contributed by atoms with van der Waals surface area (Å²) >= 11 is 0. The highest BCUT2D eigenvalue weighted by Gasteiger charge is 2.26. The van der Waals surface area contributed by atoms with Crippen LogP contribution < -0.4 is 0 Å². The van der Waals surface area contributed by atoms with Gasteiger partial charge in [-0.05, 0) is 6.07 Å². The molecule has 0 aliphatic rings. The molecule has 19 heavy (non-hydrogen) atoms. The van der Waals surface area contributed by atoms with E-state index in [2.05, 4.69) is 4.74 Å². The lowest BCUT2D eigenvalue weighted by atomic mass is 10.4. The fourth-order valence-electron chi connectivity index (χ4n) is 1.40. The SMILES string of the molecule is COC(=O)CN(C)S(=O)(=O)c1cc(C(=O)O)n(C)c1. The van der Waals surface area contributed by atoms with E-state index in [1.54, 1.807) is 0 Å². The first-order valence-electron chi connectivity index (χ1n) is 5.13. The molecule has 0 aliphatic heterocycles. The maximum absolute atomic E-state index is 12.1. The van der Waals surface area contributed by atoms with Gasteiger partial charge in [0.25, 0.3) is 0 Å². The van der Waals surface area contributed by atoms with Gasteiger partial charge in [-0.2, -0.15) is 4.31 Å². The summed E-state index contributed by atoms with van der Waals surface area (Å²) in [5, 5.41) is 8.86. The van der Waals surface area contributed by atoms with Gasteiger partial charge in [-0.1, -0.05) is 0 Å². The van der Waals surface area contributed by atoms with Gasteiger partial charge in [0.1, 0.15) is 17.1 Å². The first kappa shape index (κ1) is 15.2. The molecular weight excluding hydrogens is 276 g/mol. The molecule has 1 aromatic heterocycles. The molecule has 0 amide bonds. The van der Waals surface area contributed by atoms with Gasteiger partial charge in [0.15, 0.2) is 0 Å². The monoisotopic (exact) mass is 290 g/mol. The molecule has 0 spiro atoms. The van der Waals surface area contributed by atoms with Crippen molar-refractivity contribution in [3.63, 3.8) is 0 Å². The number of carbonyl (C=O) groups is 2. The Labute approximate surface area is 110 Å². The maximum Gasteiger partial charge on any atom is 0.352 e. The number of aryl methyl sites for hydroxylation is 1. The summed E-state index contributed by atoms with van der Waals surface area (Å²) in [6.07, 6.45) is 1.17. The second kappa shape index (κ2) is 5.41. The first-order chi connectivity index (χ1) is 8.70. The quantitative estimate of drug-likeness (QED) is 0.734. The van der Waals surface area contributed by atoms with Crippen LogP contribution in [0.5, 0.6) is 0 Å². The smallest absolute Gasteiger partial charge is 0.352 e. The van der Waals surface area contributed by atoms with Crippen molar-refractivity contribution in [2.75, 3.05) is 20.7 Å². The van der Waals surface area contributed by atoms with Gasteiger partial charge in [-0.25, -0.2) is 13.2 Å². The largest absolute Gasteiger partial charge is 0.477 e. The Balaban J connectivity index is 3.10. The molecule has 1 N–H and O–H groups in total. The van der Waals surface area contributed by atoms with Crippen molar-refractivity contribution in [1.82, 2.24) is 8.87 Å². The van der Waals surface area contributed by atoms with E-state index in [4.69, 9.17) is 5.11 Å². The summed E-state index contributed by atoms with van der Waals surface area (Å²) in [6, 6.07) is 1.03. The minimum Gasteiger partial charge on any atom is -0.477 e. The molecule has 9 heteroatoms. The second-order valence-corrected chi connectivity index (χ2v) is 5.86. The number of hydrogen-bond acceptors (Lipinski definition) is 5. The number of aromatic carboxylic acids is 1. The molecule has 0 radical (unpaired) electrons. The van der Waals surface area contributed by atoms with E-state index in [-0.39, 0.29) is 10.6 Å². The zero-order chi connectivity index (χ0) is 14.8. The number of esters is 1. The van der Waals surface area contributed by atoms with E-state index in [0.29, 0.717) is 0 Å². The second-order valence-electron chi connectivity index (χ2n) is 3.81. The fourth-order valence-corrected chi connectivity index (χ4v) is 2.59. The number of likely N-dealkylation sites (N-methyl/N-ethyl adjacent to an activating group) is 1. The molecule has 0 fully saturated rings. The third kappa shape index (κ3) is 3.12. The molecule has 1 rings (SSSR count). The van der Waals surface area contributed by atoms with Gasteiger partial charge < -0.3 is 14.4 Å². The number of carboxylic acids is 1. The first-order valence-corrected chi connectivity index (χ1v) is 6.57. The molecular formula is C10H14N2O6S. The highest BCUT2D eigenvalue weighted by atomic mass is 32.2. The van der Waals surface area contributed by atoms with Gasteiger partial charge in [-0.15, -0.1) is 0 Å². The Morgan fingerprint density at radius 2 is 2.05 bits per heavy atom. The van der Waals surface area contributed by atoms with E-state index < -0.39 is 28.5 Å². The van der Waals surface area contributed by atoms with Crippen LogP contribution in [0, 0.1) is 0 Å². The number of nitrogens with zero attached hydrogens (tertiary/aromatic N) is 2. The van der Waals surface area contributed by atoms with Gasteiger partial charge in [0.05, 0.1) is 7.11 Å². The third-order valence-corrected chi connectivity index (χ3v) is 4.26. The van der Waals surface area contributed by atoms with Crippen LogP contribution in [0.3, 0.4) is 0 Å². The number of aromatic nitrogens is 1. The summed E-state index contributed by atoms with van der Waals surface area (Å²) in [5.74, 6) is -1.94. The molecule has 0 bridgehead atoms. The van der Waals surface area contributed by atoms with E-state index in [0.717, 1.165) is 17.5 Å². The van der Waals surface area contributed by atoms with Crippen molar-refractivity contribution in [1.29, 1.82) is 0 Å². The molecule has 0 saturated heterocycles. The van der Waals surface area contributed by atoms with Crippen LogP contribution in [0.1, 0.15) is 10.5 Å². The van der Waals surface area contributed by atoms with Gasteiger partial charge in [-0.3, -0.25) is 4.79 Å². The lowest BCUT2D eigenvalue weighted by Crippen LogP contribution is -2.32. The Morgan fingerprint density at radius 1 is 1.47 bits per heavy atom. The minimum atomic E-state index is -3.93. The molecule has 8 nitrogen and oxygen atoms in total. The van der Waals surface area contributed by atoms with Crippen molar-refractivity contribution < 1.29 is 27.9 Å². The van der Waals surface area contributed by atoms with Crippen LogP contribution >= 0.6 is 0 Å². The van der Waals surface area contributed by atoms with Crippen LogP contribution in [0.4, 0.5) is 0 Å². The number of carbonyl (C=O) groups excluding carboxylic acids is 1. The lowest BCUT2D eigenvalue weighted by Gasteiger charge is -2.14. The summed E-state index contributed by atoms with van der Waals surface area (Å²) in [6.45, 7) is -0.448. The summed E-state index contributed by atoms with van der Waals surface area (Å²) in [7, 11) is -0.157. The van der Waals surface area contributed by atoms with Crippen molar-refractivity contribution in [2.24, 2.45) is 7.05 Å². The number of rotatable bonds is 5. The molecule has 0 saturated carbocycles. The van der Waals surface area contributed by atoms with Crippen molar-refractivity contribution in [2.45, 2.75) is 4.90 Å². The molecule has 1 heterocycles. The number of methoxy groups -OCH3 is 1. The van der Waals surface area contributed by atoms with Crippen LogP contribution in [-0.4, -0.2) is 55.0 Å². The molecule has 1 aromatic rings. The number of hydrogen-bond donors (Lipinski definition) is 1. The van der Waals surface area contributed by atoms with E-state index >= 15 is 0 Å². The maximum atomic E-state index is 12.1. The fraction of sp³-hybridized carbons (Fsp3) is 0.400. The van der Waals surface area contributed by atoms with Crippen LogP contribution in [-0.2, 0) is 26.6 Å². The van der Waals surface area contributed by atoms with Crippen LogP contribution in [0.15, 0.2) is 17.2 Å². The lowest BCUT2D eigenvalue weighted by molar-refractivity contribution is -0.140. The highest BCUT2D eigenvalue weighted by Crippen LogP contribution is 2.17. The van der Waals surface area contributed by atoms with E-state index in [1.165, 1.54) is 24.9 Å². The topological polar surface area (TPSA) is 106 Å². The van der Waals surface area contributed by atoms with Crippen LogP contribution in [0.25, 0.3) is 0 Å². The van der Waals surface area contributed by atoms with Gasteiger partial charge in [0.2, 0.25) is 10.0 Å². The number of ether oxygens (including phenoxy) is 1. The molecule has 0 aromatic carbocycles. The van der Waals surface area contributed by atoms with Crippen LogP contribution in [0.2, 0.25) is 0 Å². The average Bonchev–Trinajstić information content (AvgIpc) is 2.71. The third-order valence-electron chi connectivity index (χ3n) is 2.49. The minimum absolute atomic E-state index is 0.162. The molecule has 0 unspecified atom stereocenters. The predicted octanol–water partition coefficient (Wildman–Crippen LogP) is -0.483. The molecule has 106 valence electrons. The summed E-state index contributed by atoms with van der Waals surface area (Å²) < 4.78 is 30.5. The molecule has 0 atom stereocenters. The van der Waals surface area contributed by atoms with Crippen molar-refractivity contribution in [3.8, 4) is 0 Å². The Kier molecular flexibility index (Phi) is 4.32. The Hall–Kier alpha value is -1.87. The molecule has 0 aliphatic carbocycles. The van der Waals surface area contributed by atoms with E-state index in [1.807, 2.05) is 0 Å². The summed E-state index contributed by atoms with van der Waals surface area (Å²) in [4.78, 5) is 21.7. The van der Waals surface area contributed by atoms with Gasteiger partial charge in [0, 0.05) is 20.3 Å².